The highest BCUT2D eigenvalue weighted by atomic mass is 32.1. The molecule has 0 unspecified atom stereocenters. The summed E-state index contributed by atoms with van der Waals surface area (Å²) in [6, 6.07) is 12.2. The Morgan fingerprint density at radius 3 is 2.62 bits per heavy atom. The maximum Gasteiger partial charge on any atom is 0.257 e. The second-order valence-electron chi connectivity index (χ2n) is 5.33. The first-order valence-electron chi connectivity index (χ1n) is 7.60. The Hall–Kier alpha value is -3.48. The van der Waals surface area contributed by atoms with Crippen LogP contribution in [0.1, 0.15) is 32.2 Å². The Balaban J connectivity index is 1.88. The molecule has 0 atom stereocenters. The van der Waals surface area contributed by atoms with Crippen LogP contribution >= 0.6 is 11.3 Å². The van der Waals surface area contributed by atoms with Gasteiger partial charge in [-0.1, -0.05) is 5.92 Å². The minimum absolute atomic E-state index is 0.207. The molecule has 4 nitrogen and oxygen atoms in total. The van der Waals surface area contributed by atoms with Crippen molar-refractivity contribution in [1.29, 1.82) is 5.26 Å². The Morgan fingerprint density at radius 2 is 1.96 bits per heavy atom. The monoisotopic (exact) mass is 361 g/mol. The van der Waals surface area contributed by atoms with E-state index in [1.54, 1.807) is 18.2 Å². The number of nitrogens with zero attached hydrogens (tertiary/aromatic N) is 2. The van der Waals surface area contributed by atoms with Gasteiger partial charge in [0.1, 0.15) is 11.5 Å². The average molecular weight is 361 g/mol. The van der Waals surface area contributed by atoms with E-state index in [0.29, 0.717) is 16.9 Å². The summed E-state index contributed by atoms with van der Waals surface area (Å²) >= 11 is 1.51. The van der Waals surface area contributed by atoms with E-state index in [1.165, 1.54) is 35.6 Å². The highest BCUT2D eigenvalue weighted by Crippen LogP contribution is 2.15. The maximum absolute atomic E-state index is 13.0. The zero-order chi connectivity index (χ0) is 18.5. The van der Waals surface area contributed by atoms with E-state index in [2.05, 4.69) is 22.1 Å². The molecule has 0 bridgehead atoms. The number of aryl methyl sites for hydroxylation is 1. The molecule has 126 valence electrons. The summed E-state index contributed by atoms with van der Waals surface area (Å²) in [5, 5.41) is 14.7. The first-order chi connectivity index (χ1) is 12.5. The van der Waals surface area contributed by atoms with Crippen LogP contribution in [0.25, 0.3) is 0 Å². The lowest BCUT2D eigenvalue weighted by atomic mass is 10.0. The number of carbonyl (C=O) groups is 1. The SMILES string of the molecule is Cc1nc(C#Cc2ccc(C#N)c(C(=O)Nc3ccc(F)cc3)c2)cs1. The van der Waals surface area contributed by atoms with Crippen molar-refractivity contribution in [1.82, 2.24) is 4.98 Å². The van der Waals surface area contributed by atoms with Crippen LogP contribution in [0.5, 0.6) is 0 Å². The van der Waals surface area contributed by atoms with Gasteiger partial charge in [-0.25, -0.2) is 9.37 Å². The van der Waals surface area contributed by atoms with Crippen molar-refractivity contribution in [2.45, 2.75) is 6.92 Å². The van der Waals surface area contributed by atoms with Gasteiger partial charge >= 0.3 is 0 Å². The molecule has 2 aromatic carbocycles. The van der Waals surface area contributed by atoms with Crippen molar-refractivity contribution >= 4 is 22.9 Å². The molecule has 1 aromatic heterocycles. The summed E-state index contributed by atoms with van der Waals surface area (Å²) in [4.78, 5) is 16.8. The lowest BCUT2D eigenvalue weighted by Gasteiger charge is -2.07. The van der Waals surface area contributed by atoms with E-state index < -0.39 is 11.7 Å². The lowest BCUT2D eigenvalue weighted by Crippen LogP contribution is -2.13. The number of nitriles is 1. The Bertz CT molecular complexity index is 1070. The number of amides is 1. The second kappa shape index (κ2) is 7.60. The second-order valence-corrected chi connectivity index (χ2v) is 6.40. The summed E-state index contributed by atoms with van der Waals surface area (Å²) in [6.07, 6.45) is 0. The molecule has 3 aromatic rings. The first-order valence-corrected chi connectivity index (χ1v) is 8.48. The first kappa shape index (κ1) is 17.3. The molecule has 1 N–H and O–H groups in total. The topological polar surface area (TPSA) is 65.8 Å². The number of nitrogens with one attached hydrogen (secondary N) is 1. The summed E-state index contributed by atoms with van der Waals surface area (Å²) in [6.45, 7) is 1.90. The Morgan fingerprint density at radius 1 is 1.19 bits per heavy atom. The predicted molar refractivity (Wildman–Crippen MR) is 98.3 cm³/mol. The largest absolute Gasteiger partial charge is 0.322 e. The molecular formula is C20H12FN3OS. The van der Waals surface area contributed by atoms with Gasteiger partial charge < -0.3 is 5.32 Å². The van der Waals surface area contributed by atoms with Gasteiger partial charge in [0.05, 0.1) is 22.2 Å². The van der Waals surface area contributed by atoms with Crippen molar-refractivity contribution < 1.29 is 9.18 Å². The minimum Gasteiger partial charge on any atom is -0.322 e. The Kier molecular flexibility index (Phi) is 5.07. The highest BCUT2D eigenvalue weighted by Gasteiger charge is 2.12. The van der Waals surface area contributed by atoms with Crippen LogP contribution in [-0.2, 0) is 0 Å². The number of halogens is 1. The molecular weight excluding hydrogens is 349 g/mol. The number of anilines is 1. The van der Waals surface area contributed by atoms with Gasteiger partial charge in [0, 0.05) is 16.6 Å². The van der Waals surface area contributed by atoms with Crippen LogP contribution in [0.4, 0.5) is 10.1 Å². The predicted octanol–water partition coefficient (Wildman–Crippen LogP) is 4.11. The number of carbonyl (C=O) groups excluding carboxylic acids is 1. The van der Waals surface area contributed by atoms with Crippen LogP contribution < -0.4 is 5.32 Å². The van der Waals surface area contributed by atoms with E-state index in [-0.39, 0.29) is 11.1 Å². The smallest absolute Gasteiger partial charge is 0.257 e. The normalized spacial score (nSPS) is 9.73. The molecule has 1 amide bonds. The lowest BCUT2D eigenvalue weighted by molar-refractivity contribution is 0.102. The molecule has 1 heterocycles. The average Bonchev–Trinajstić information content (AvgIpc) is 3.07. The van der Waals surface area contributed by atoms with Gasteiger partial charge in [0.15, 0.2) is 0 Å². The standard InChI is InChI=1S/C20H12FN3OS/c1-13-23-18(12-26-13)7-3-14-2-4-15(11-22)19(10-14)20(25)24-17-8-5-16(21)6-9-17/h2,4-6,8-10,12H,1H3,(H,24,25). The maximum atomic E-state index is 13.0. The van der Waals surface area contributed by atoms with Crippen molar-refractivity contribution in [3.63, 3.8) is 0 Å². The van der Waals surface area contributed by atoms with E-state index in [1.807, 2.05) is 18.4 Å². The Labute approximate surface area is 153 Å². The minimum atomic E-state index is -0.457. The van der Waals surface area contributed by atoms with Gasteiger partial charge in [-0.15, -0.1) is 11.3 Å². The van der Waals surface area contributed by atoms with E-state index in [9.17, 15) is 14.4 Å². The third-order valence-electron chi connectivity index (χ3n) is 3.44. The quantitative estimate of drug-likeness (QED) is 0.699. The van der Waals surface area contributed by atoms with E-state index >= 15 is 0 Å². The van der Waals surface area contributed by atoms with Gasteiger partial charge in [-0.05, 0) is 55.3 Å². The van der Waals surface area contributed by atoms with Crippen molar-refractivity contribution in [3.8, 4) is 17.9 Å². The molecule has 0 saturated heterocycles. The number of hydrogen-bond donors (Lipinski definition) is 1. The number of aromatic nitrogens is 1. The number of benzene rings is 2. The third-order valence-corrected chi connectivity index (χ3v) is 4.21. The van der Waals surface area contributed by atoms with Gasteiger partial charge in [0.2, 0.25) is 0 Å². The fourth-order valence-electron chi connectivity index (χ4n) is 2.20. The van der Waals surface area contributed by atoms with Crippen molar-refractivity contribution in [2.24, 2.45) is 0 Å². The summed E-state index contributed by atoms with van der Waals surface area (Å²) in [7, 11) is 0. The van der Waals surface area contributed by atoms with Gasteiger partial charge in [-0.2, -0.15) is 5.26 Å². The van der Waals surface area contributed by atoms with Crippen LogP contribution in [0.2, 0.25) is 0 Å². The molecule has 0 radical (unpaired) electrons. The van der Waals surface area contributed by atoms with Crippen LogP contribution in [0.3, 0.4) is 0 Å². The summed E-state index contributed by atoms with van der Waals surface area (Å²) in [5.41, 5.74) is 2.14. The summed E-state index contributed by atoms with van der Waals surface area (Å²) < 4.78 is 13.0. The molecule has 0 aliphatic rings. The van der Waals surface area contributed by atoms with Crippen LogP contribution in [-0.4, -0.2) is 10.9 Å². The molecule has 6 heteroatoms. The molecule has 0 aliphatic heterocycles. The fourth-order valence-corrected chi connectivity index (χ4v) is 2.74. The molecule has 0 spiro atoms. The fraction of sp³-hybridized carbons (Fsp3) is 0.0500. The summed E-state index contributed by atoms with van der Waals surface area (Å²) in [5.74, 6) is 5.03. The molecule has 0 aliphatic carbocycles. The zero-order valence-corrected chi connectivity index (χ0v) is 14.5. The van der Waals surface area contributed by atoms with E-state index in [4.69, 9.17) is 0 Å². The van der Waals surface area contributed by atoms with Crippen LogP contribution in [0, 0.1) is 35.9 Å². The third kappa shape index (κ3) is 4.13. The van der Waals surface area contributed by atoms with Crippen molar-refractivity contribution in [2.75, 3.05) is 5.32 Å². The van der Waals surface area contributed by atoms with E-state index in [0.717, 1.165) is 5.01 Å². The molecule has 3 rings (SSSR count). The zero-order valence-electron chi connectivity index (χ0n) is 13.7. The molecule has 0 fully saturated rings. The number of rotatable bonds is 2. The van der Waals surface area contributed by atoms with Crippen molar-refractivity contribution in [3.05, 3.63) is 81.1 Å². The van der Waals surface area contributed by atoms with Gasteiger partial charge in [-0.3, -0.25) is 4.79 Å². The number of hydrogen-bond acceptors (Lipinski definition) is 4. The van der Waals surface area contributed by atoms with Crippen LogP contribution in [0.15, 0.2) is 47.8 Å². The molecule has 0 saturated carbocycles. The highest BCUT2D eigenvalue weighted by molar-refractivity contribution is 7.09. The molecule has 26 heavy (non-hydrogen) atoms. The number of thiazole rings is 1. The van der Waals surface area contributed by atoms with Gasteiger partial charge in [0.25, 0.3) is 5.91 Å².